The molecule has 0 atom stereocenters. The lowest BCUT2D eigenvalue weighted by Gasteiger charge is -2.26. The fourth-order valence-electron chi connectivity index (χ4n) is 3.88. The Morgan fingerprint density at radius 3 is 2.28 bits per heavy atom. The molecule has 0 radical (unpaired) electrons. The van der Waals surface area contributed by atoms with Crippen LogP contribution in [-0.4, -0.2) is 67.0 Å². The molecule has 0 bridgehead atoms. The lowest BCUT2D eigenvalue weighted by molar-refractivity contribution is -0.114. The molecule has 0 saturated carbocycles. The van der Waals surface area contributed by atoms with Crippen LogP contribution in [0.15, 0.2) is 76.5 Å². The highest BCUT2D eigenvalue weighted by Crippen LogP contribution is 2.32. The van der Waals surface area contributed by atoms with Crippen LogP contribution in [-0.2, 0) is 29.6 Å². The molecule has 39 heavy (non-hydrogen) atoms. The predicted octanol–water partition coefficient (Wildman–Crippen LogP) is 3.86. The number of morpholine rings is 1. The van der Waals surface area contributed by atoms with Crippen LogP contribution in [0.25, 0.3) is 0 Å². The molecule has 1 saturated heterocycles. The van der Waals surface area contributed by atoms with Crippen molar-refractivity contribution in [1.82, 2.24) is 4.31 Å². The molecule has 208 valence electrons. The number of nitrogens with zero attached hydrogens (tertiary/aromatic N) is 2. The van der Waals surface area contributed by atoms with E-state index in [0.29, 0.717) is 0 Å². The molecule has 1 aliphatic rings. The van der Waals surface area contributed by atoms with Gasteiger partial charge in [-0.1, -0.05) is 41.4 Å². The van der Waals surface area contributed by atoms with E-state index in [9.17, 15) is 21.6 Å². The molecule has 1 fully saturated rings. The monoisotopic (exact) mass is 613 g/mol. The first-order chi connectivity index (χ1) is 18.5. The first-order valence-corrected chi connectivity index (χ1v) is 15.3. The summed E-state index contributed by atoms with van der Waals surface area (Å²) in [6, 6.07) is 15.9. The average molecular weight is 615 g/mol. The van der Waals surface area contributed by atoms with Crippen LogP contribution < -0.4 is 14.4 Å². The summed E-state index contributed by atoms with van der Waals surface area (Å²) in [5.41, 5.74) is 0.169. The largest absolute Gasteiger partial charge is 0.495 e. The molecule has 0 unspecified atom stereocenters. The van der Waals surface area contributed by atoms with Crippen molar-refractivity contribution in [2.45, 2.75) is 9.79 Å². The number of carbonyl (C=O) groups excluding carboxylic acids is 1. The highest BCUT2D eigenvalue weighted by Gasteiger charge is 2.30. The number of carbonyl (C=O) groups is 1. The maximum Gasteiger partial charge on any atom is 0.264 e. The van der Waals surface area contributed by atoms with Crippen molar-refractivity contribution in [2.24, 2.45) is 0 Å². The highest BCUT2D eigenvalue weighted by molar-refractivity contribution is 7.92. The Hall–Kier alpha value is -2.87. The Labute approximate surface area is 237 Å². The number of sulfonamides is 2. The normalized spacial score (nSPS) is 14.5. The van der Waals surface area contributed by atoms with E-state index in [-0.39, 0.29) is 63.3 Å². The lowest BCUT2D eigenvalue weighted by atomic mass is 10.3. The molecule has 1 N–H and O–H groups in total. The van der Waals surface area contributed by atoms with Gasteiger partial charge in [-0.3, -0.25) is 9.10 Å². The Kier molecular flexibility index (Phi) is 9.04. The zero-order chi connectivity index (χ0) is 28.2. The van der Waals surface area contributed by atoms with Gasteiger partial charge in [-0.05, 0) is 48.5 Å². The quantitative estimate of drug-likeness (QED) is 0.389. The van der Waals surface area contributed by atoms with Crippen LogP contribution in [0.3, 0.4) is 0 Å². The fraction of sp³-hybridized carbons (Fsp3) is 0.240. The summed E-state index contributed by atoms with van der Waals surface area (Å²) >= 11 is 12.2. The van der Waals surface area contributed by atoms with Gasteiger partial charge in [-0.15, -0.1) is 0 Å². The molecule has 1 aliphatic heterocycles. The SMILES string of the molecule is COc1ccc(S(=O)(=O)N2CCOCC2)cc1NC(=O)CN(c1ccc(Cl)c(Cl)c1)S(=O)(=O)c1ccccc1. The molecule has 14 heteroatoms. The van der Waals surface area contributed by atoms with Gasteiger partial charge in [-0.25, -0.2) is 16.8 Å². The third-order valence-electron chi connectivity index (χ3n) is 5.86. The molecule has 0 aromatic heterocycles. The minimum atomic E-state index is -4.21. The number of ether oxygens (including phenoxy) is 2. The number of rotatable bonds is 9. The van der Waals surface area contributed by atoms with Gasteiger partial charge in [-0.2, -0.15) is 4.31 Å². The van der Waals surface area contributed by atoms with Gasteiger partial charge in [0, 0.05) is 13.1 Å². The number of amides is 1. The second-order valence-corrected chi connectivity index (χ2v) is 13.0. The van der Waals surface area contributed by atoms with E-state index in [0.717, 1.165) is 4.31 Å². The van der Waals surface area contributed by atoms with Gasteiger partial charge in [0.05, 0.1) is 51.5 Å². The van der Waals surface area contributed by atoms with E-state index in [1.807, 2.05) is 0 Å². The second kappa shape index (κ2) is 12.1. The van der Waals surface area contributed by atoms with E-state index in [1.165, 1.54) is 59.9 Å². The Morgan fingerprint density at radius 2 is 1.64 bits per heavy atom. The smallest absolute Gasteiger partial charge is 0.264 e. The number of benzene rings is 3. The summed E-state index contributed by atoms with van der Waals surface area (Å²) < 4.78 is 66.1. The predicted molar refractivity (Wildman–Crippen MR) is 149 cm³/mol. The van der Waals surface area contributed by atoms with Crippen LogP contribution in [0.4, 0.5) is 11.4 Å². The molecule has 0 spiro atoms. The first kappa shape index (κ1) is 29.1. The Bertz CT molecular complexity index is 1560. The van der Waals surface area contributed by atoms with Crippen LogP contribution >= 0.6 is 23.2 Å². The van der Waals surface area contributed by atoms with Gasteiger partial charge >= 0.3 is 0 Å². The van der Waals surface area contributed by atoms with Gasteiger partial charge < -0.3 is 14.8 Å². The van der Waals surface area contributed by atoms with Crippen LogP contribution in [0.1, 0.15) is 0 Å². The lowest BCUT2D eigenvalue weighted by Crippen LogP contribution is -2.40. The van der Waals surface area contributed by atoms with Crippen LogP contribution in [0, 0.1) is 0 Å². The standard InChI is InChI=1S/C25H25Cl2N3O7S2/c1-36-24-10-8-20(38(32,33)29-11-13-37-14-12-29)16-23(24)28-25(31)17-30(18-7-9-21(26)22(27)15-18)39(34,35)19-5-3-2-4-6-19/h2-10,15-16H,11-14,17H2,1H3,(H,28,31). The van der Waals surface area contributed by atoms with E-state index in [1.54, 1.807) is 18.2 Å². The van der Waals surface area contributed by atoms with Gasteiger partial charge in [0.1, 0.15) is 12.3 Å². The van der Waals surface area contributed by atoms with Crippen LogP contribution in [0.5, 0.6) is 5.75 Å². The zero-order valence-electron chi connectivity index (χ0n) is 20.7. The minimum Gasteiger partial charge on any atom is -0.495 e. The van der Waals surface area contributed by atoms with Crippen molar-refractivity contribution in [3.63, 3.8) is 0 Å². The summed E-state index contributed by atoms with van der Waals surface area (Å²) in [4.78, 5) is 13.2. The molecule has 10 nitrogen and oxygen atoms in total. The van der Waals surface area contributed by atoms with E-state index < -0.39 is 32.5 Å². The van der Waals surface area contributed by atoms with Crippen molar-refractivity contribution in [3.05, 3.63) is 76.8 Å². The van der Waals surface area contributed by atoms with Crippen molar-refractivity contribution in [2.75, 3.05) is 49.6 Å². The molecule has 4 rings (SSSR count). The van der Waals surface area contributed by atoms with Crippen molar-refractivity contribution in [3.8, 4) is 5.75 Å². The number of methoxy groups -OCH3 is 1. The number of halogens is 2. The summed E-state index contributed by atoms with van der Waals surface area (Å²) in [5.74, 6) is -0.559. The molecule has 1 heterocycles. The van der Waals surface area contributed by atoms with Gasteiger partial charge in [0.15, 0.2) is 0 Å². The Balaban J connectivity index is 1.66. The molecule has 3 aromatic carbocycles. The topological polar surface area (TPSA) is 122 Å². The number of nitrogens with one attached hydrogen (secondary N) is 1. The third-order valence-corrected chi connectivity index (χ3v) is 10.3. The van der Waals surface area contributed by atoms with Crippen molar-refractivity contribution < 1.29 is 31.1 Å². The molecular formula is C25H25Cl2N3O7S2. The minimum absolute atomic E-state index is 0.0416. The van der Waals surface area contributed by atoms with E-state index in [2.05, 4.69) is 5.32 Å². The average Bonchev–Trinajstić information content (AvgIpc) is 2.94. The van der Waals surface area contributed by atoms with Gasteiger partial charge in [0.2, 0.25) is 15.9 Å². The summed E-state index contributed by atoms with van der Waals surface area (Å²) in [7, 11) is -6.71. The summed E-state index contributed by atoms with van der Waals surface area (Å²) in [6.07, 6.45) is 0. The third kappa shape index (κ3) is 6.48. The van der Waals surface area contributed by atoms with E-state index in [4.69, 9.17) is 32.7 Å². The Morgan fingerprint density at radius 1 is 0.949 bits per heavy atom. The molecular weight excluding hydrogens is 589 g/mol. The fourth-order valence-corrected chi connectivity index (χ4v) is 7.04. The second-order valence-electron chi connectivity index (χ2n) is 8.35. The van der Waals surface area contributed by atoms with E-state index >= 15 is 0 Å². The van der Waals surface area contributed by atoms with Gasteiger partial charge in [0.25, 0.3) is 10.0 Å². The number of hydrogen-bond acceptors (Lipinski definition) is 7. The van der Waals surface area contributed by atoms with Crippen molar-refractivity contribution >= 4 is 60.5 Å². The molecule has 0 aliphatic carbocycles. The summed E-state index contributed by atoms with van der Waals surface area (Å²) in [6.45, 7) is 0.301. The maximum absolute atomic E-state index is 13.6. The zero-order valence-corrected chi connectivity index (χ0v) is 23.9. The molecule has 1 amide bonds. The summed E-state index contributed by atoms with van der Waals surface area (Å²) in [5, 5.41) is 2.91. The maximum atomic E-state index is 13.6. The first-order valence-electron chi connectivity index (χ1n) is 11.6. The number of anilines is 2. The molecule has 3 aromatic rings. The number of hydrogen-bond donors (Lipinski definition) is 1. The van der Waals surface area contributed by atoms with Crippen molar-refractivity contribution in [1.29, 1.82) is 0 Å². The van der Waals surface area contributed by atoms with Crippen LogP contribution in [0.2, 0.25) is 10.0 Å². The highest BCUT2D eigenvalue weighted by atomic mass is 35.5.